The number of anilines is 2. The summed E-state index contributed by atoms with van der Waals surface area (Å²) in [4.78, 5) is 7.86. The summed E-state index contributed by atoms with van der Waals surface area (Å²) >= 11 is 0. The highest BCUT2D eigenvalue weighted by Crippen LogP contribution is 2.50. The standard InChI is InChI=1S/C39H32N4/c1-2-11-25(12-3-1)36-32-16-6-8-18-33(32)40-38(42-36)26-21-23-27(24-22-26)39-41-34-19-10-17-31-29-14-5-4-13-28(29)30-15-7-9-20-35(30)43(39)37(31)34/h1-9,11-16,18-21,23-24,26,38-41H,10,17,22H2. The molecule has 0 radical (unpaired) electrons. The molecule has 5 aliphatic rings. The van der Waals surface area contributed by atoms with Gasteiger partial charge in [0, 0.05) is 28.3 Å². The SMILES string of the molecule is C1=CC(C2N=C(c3ccccc3)c3ccccc3N2)CC=C1C1NC2=CCCC3=C2N1c1ccccc1-c1ccccc13. The molecular weight excluding hydrogens is 524 g/mol. The number of allylic oxidation sites excluding steroid dienone is 3. The lowest BCUT2D eigenvalue weighted by Crippen LogP contribution is -2.38. The van der Waals surface area contributed by atoms with Crippen molar-refractivity contribution in [3.63, 3.8) is 0 Å². The Bertz CT molecular complexity index is 1930. The second-order valence-corrected chi connectivity index (χ2v) is 11.9. The zero-order valence-electron chi connectivity index (χ0n) is 23.9. The molecule has 2 aliphatic carbocycles. The van der Waals surface area contributed by atoms with Crippen LogP contribution in [0.2, 0.25) is 0 Å². The van der Waals surface area contributed by atoms with Crippen molar-refractivity contribution in [2.45, 2.75) is 31.6 Å². The number of rotatable bonds is 3. The zero-order chi connectivity index (χ0) is 28.3. The first-order valence-electron chi connectivity index (χ1n) is 15.4. The van der Waals surface area contributed by atoms with Crippen molar-refractivity contribution >= 4 is 22.7 Å². The first kappa shape index (κ1) is 24.5. The van der Waals surface area contributed by atoms with E-state index in [1.165, 1.54) is 44.9 Å². The van der Waals surface area contributed by atoms with Crippen LogP contribution < -0.4 is 15.5 Å². The van der Waals surface area contributed by atoms with Crippen molar-refractivity contribution in [2.24, 2.45) is 10.9 Å². The quantitative estimate of drug-likeness (QED) is 0.267. The van der Waals surface area contributed by atoms with Gasteiger partial charge in [0.15, 0.2) is 0 Å². The molecule has 3 aliphatic heterocycles. The van der Waals surface area contributed by atoms with E-state index in [4.69, 9.17) is 4.99 Å². The number of hydrogen-bond acceptors (Lipinski definition) is 4. The predicted molar refractivity (Wildman–Crippen MR) is 177 cm³/mol. The van der Waals surface area contributed by atoms with Crippen LogP contribution in [0.15, 0.2) is 149 Å². The first-order chi connectivity index (χ1) is 21.3. The lowest BCUT2D eigenvalue weighted by Gasteiger charge is -2.33. The van der Waals surface area contributed by atoms with E-state index < -0.39 is 0 Å². The van der Waals surface area contributed by atoms with Gasteiger partial charge in [0.05, 0.1) is 22.8 Å². The average molecular weight is 557 g/mol. The molecule has 0 amide bonds. The second kappa shape index (κ2) is 9.74. The van der Waals surface area contributed by atoms with Crippen LogP contribution in [0.4, 0.5) is 11.4 Å². The van der Waals surface area contributed by atoms with Gasteiger partial charge in [-0.2, -0.15) is 0 Å². The van der Waals surface area contributed by atoms with Gasteiger partial charge in [0.2, 0.25) is 0 Å². The molecule has 1 fully saturated rings. The van der Waals surface area contributed by atoms with Crippen molar-refractivity contribution in [1.82, 2.24) is 5.32 Å². The second-order valence-electron chi connectivity index (χ2n) is 11.9. The molecule has 4 heteroatoms. The van der Waals surface area contributed by atoms with E-state index in [1.54, 1.807) is 0 Å². The van der Waals surface area contributed by atoms with Crippen LogP contribution in [-0.4, -0.2) is 18.0 Å². The Hall–Kier alpha value is -5.09. The molecule has 3 atom stereocenters. The molecule has 9 rings (SSSR count). The molecule has 1 saturated heterocycles. The van der Waals surface area contributed by atoms with Gasteiger partial charge in [-0.15, -0.1) is 0 Å². The Kier molecular flexibility index (Phi) is 5.55. The van der Waals surface area contributed by atoms with E-state index in [0.717, 1.165) is 41.8 Å². The molecule has 0 bridgehead atoms. The third-order valence-corrected chi connectivity index (χ3v) is 9.46. The maximum Gasteiger partial charge on any atom is 0.130 e. The van der Waals surface area contributed by atoms with Crippen molar-refractivity contribution in [3.05, 3.63) is 161 Å². The van der Waals surface area contributed by atoms with Crippen LogP contribution >= 0.6 is 0 Å². The number of nitrogens with zero attached hydrogens (tertiary/aromatic N) is 2. The fraction of sp³-hybridized carbons (Fsp3) is 0.154. The number of aliphatic imine (C=N–C) groups is 1. The Morgan fingerprint density at radius 1 is 0.698 bits per heavy atom. The van der Waals surface area contributed by atoms with E-state index in [-0.39, 0.29) is 18.2 Å². The van der Waals surface area contributed by atoms with Crippen LogP contribution in [0.5, 0.6) is 0 Å². The highest BCUT2D eigenvalue weighted by atomic mass is 15.4. The lowest BCUT2D eigenvalue weighted by atomic mass is 9.89. The van der Waals surface area contributed by atoms with Gasteiger partial charge in [-0.3, -0.25) is 4.99 Å². The maximum absolute atomic E-state index is 5.30. The molecule has 0 aromatic heterocycles. The van der Waals surface area contributed by atoms with E-state index in [2.05, 4.69) is 143 Å². The molecule has 0 saturated carbocycles. The third kappa shape index (κ3) is 3.86. The Balaban J connectivity index is 1.07. The number of nitrogens with one attached hydrogen (secondary N) is 2. The summed E-state index contributed by atoms with van der Waals surface area (Å²) < 4.78 is 0. The average Bonchev–Trinajstić information content (AvgIpc) is 3.42. The van der Waals surface area contributed by atoms with E-state index in [0.29, 0.717) is 0 Å². The van der Waals surface area contributed by atoms with Crippen LogP contribution in [0.25, 0.3) is 16.7 Å². The summed E-state index contributed by atoms with van der Waals surface area (Å²) in [7, 11) is 0. The summed E-state index contributed by atoms with van der Waals surface area (Å²) in [5.41, 5.74) is 15.2. The number of para-hydroxylation sites is 2. The van der Waals surface area contributed by atoms with Crippen molar-refractivity contribution in [1.29, 1.82) is 0 Å². The summed E-state index contributed by atoms with van der Waals surface area (Å²) in [5.74, 6) is 0.258. The van der Waals surface area contributed by atoms with E-state index in [9.17, 15) is 0 Å². The van der Waals surface area contributed by atoms with Crippen LogP contribution in [-0.2, 0) is 0 Å². The molecule has 4 nitrogen and oxygen atoms in total. The normalized spacial score (nSPS) is 22.9. The first-order valence-corrected chi connectivity index (χ1v) is 15.4. The van der Waals surface area contributed by atoms with Gasteiger partial charge in [-0.05, 0) is 53.7 Å². The van der Waals surface area contributed by atoms with Gasteiger partial charge in [-0.25, -0.2) is 0 Å². The van der Waals surface area contributed by atoms with Crippen LogP contribution in [0.3, 0.4) is 0 Å². The monoisotopic (exact) mass is 556 g/mol. The Labute approximate surface area is 252 Å². The van der Waals surface area contributed by atoms with E-state index in [1.807, 2.05) is 0 Å². The van der Waals surface area contributed by atoms with Crippen molar-refractivity contribution in [3.8, 4) is 11.1 Å². The van der Waals surface area contributed by atoms with E-state index >= 15 is 0 Å². The fourth-order valence-corrected chi connectivity index (χ4v) is 7.46. The minimum absolute atomic E-state index is 0.0243. The number of hydrogen-bond donors (Lipinski definition) is 2. The van der Waals surface area contributed by atoms with Crippen molar-refractivity contribution in [2.75, 3.05) is 10.2 Å². The maximum atomic E-state index is 5.30. The van der Waals surface area contributed by atoms with Gasteiger partial charge in [0.25, 0.3) is 0 Å². The number of benzene rings is 4. The molecule has 3 heterocycles. The molecular formula is C39H32N4. The molecule has 208 valence electrons. The van der Waals surface area contributed by atoms with Gasteiger partial charge in [-0.1, -0.05) is 115 Å². The zero-order valence-corrected chi connectivity index (χ0v) is 23.9. The van der Waals surface area contributed by atoms with Gasteiger partial charge in [0.1, 0.15) is 12.3 Å². The van der Waals surface area contributed by atoms with Gasteiger partial charge >= 0.3 is 0 Å². The highest BCUT2D eigenvalue weighted by Gasteiger charge is 2.41. The van der Waals surface area contributed by atoms with Crippen LogP contribution in [0.1, 0.15) is 36.0 Å². The summed E-state index contributed by atoms with van der Waals surface area (Å²) in [6.07, 6.45) is 12.6. The molecule has 0 spiro atoms. The highest BCUT2D eigenvalue weighted by molar-refractivity contribution is 6.16. The van der Waals surface area contributed by atoms with Crippen molar-refractivity contribution < 1.29 is 0 Å². The largest absolute Gasteiger partial charge is 0.363 e. The Morgan fingerprint density at radius 2 is 1.44 bits per heavy atom. The van der Waals surface area contributed by atoms with Crippen LogP contribution in [0, 0.1) is 5.92 Å². The smallest absolute Gasteiger partial charge is 0.130 e. The van der Waals surface area contributed by atoms with Gasteiger partial charge < -0.3 is 15.5 Å². The third-order valence-electron chi connectivity index (χ3n) is 9.46. The topological polar surface area (TPSA) is 39.7 Å². The summed E-state index contributed by atoms with van der Waals surface area (Å²) in [6.45, 7) is 0. The number of fused-ring (bicyclic) bond motifs is 6. The Morgan fingerprint density at radius 3 is 2.28 bits per heavy atom. The molecule has 4 aromatic carbocycles. The minimum atomic E-state index is -0.0243. The molecule has 43 heavy (non-hydrogen) atoms. The summed E-state index contributed by atoms with van der Waals surface area (Å²) in [6, 6.07) is 36.9. The predicted octanol–water partition coefficient (Wildman–Crippen LogP) is 8.28. The minimum Gasteiger partial charge on any atom is -0.363 e. The summed E-state index contributed by atoms with van der Waals surface area (Å²) in [5, 5.41) is 7.68. The molecule has 2 N–H and O–H groups in total. The fourth-order valence-electron chi connectivity index (χ4n) is 7.46. The lowest BCUT2D eigenvalue weighted by molar-refractivity contribution is 0.542. The molecule has 3 unspecified atom stereocenters. The molecule has 4 aromatic rings.